The van der Waals surface area contributed by atoms with Crippen molar-refractivity contribution in [1.29, 1.82) is 0 Å². The summed E-state index contributed by atoms with van der Waals surface area (Å²) in [5.41, 5.74) is 2.65. The molecule has 0 aliphatic heterocycles. The average molecular weight is 477 g/mol. The van der Waals surface area contributed by atoms with E-state index in [4.69, 9.17) is 18.9 Å². The van der Waals surface area contributed by atoms with E-state index < -0.39 is 0 Å². The van der Waals surface area contributed by atoms with Crippen LogP contribution in [0.4, 0.5) is 0 Å². The first-order valence-corrected chi connectivity index (χ1v) is 14.1. The van der Waals surface area contributed by atoms with Gasteiger partial charge >= 0.3 is 0 Å². The molecule has 34 heavy (non-hydrogen) atoms. The summed E-state index contributed by atoms with van der Waals surface area (Å²) < 4.78 is 26.1. The van der Waals surface area contributed by atoms with Crippen LogP contribution in [0.15, 0.2) is 24.3 Å². The number of rotatable bonds is 18. The first-order chi connectivity index (χ1) is 16.7. The first-order valence-electron chi connectivity index (χ1n) is 14.1. The third-order valence-electron chi connectivity index (χ3n) is 6.93. The molecule has 0 spiro atoms. The molecule has 2 rings (SSSR count). The van der Waals surface area contributed by atoms with Crippen LogP contribution in [0.3, 0.4) is 0 Å². The number of ether oxygens (including phenoxy) is 4. The van der Waals surface area contributed by atoms with Gasteiger partial charge in [0.25, 0.3) is 0 Å². The molecule has 0 amide bonds. The van der Waals surface area contributed by atoms with Crippen LogP contribution in [0.25, 0.3) is 0 Å². The summed E-state index contributed by atoms with van der Waals surface area (Å²) in [7, 11) is 0. The topological polar surface area (TPSA) is 36.9 Å². The number of aryl methyl sites for hydroxylation is 1. The number of benzene rings is 1. The van der Waals surface area contributed by atoms with E-state index in [1.807, 2.05) is 0 Å². The van der Waals surface area contributed by atoms with Crippen molar-refractivity contribution >= 4 is 0 Å². The van der Waals surface area contributed by atoms with Gasteiger partial charge in [-0.05, 0) is 44.6 Å². The van der Waals surface area contributed by atoms with Crippen molar-refractivity contribution in [1.82, 2.24) is 0 Å². The zero-order chi connectivity index (χ0) is 24.6. The Morgan fingerprint density at radius 2 is 1.26 bits per heavy atom. The van der Waals surface area contributed by atoms with Crippen LogP contribution < -0.4 is 0 Å². The van der Waals surface area contributed by atoms with Crippen LogP contribution in [-0.2, 0) is 18.9 Å². The van der Waals surface area contributed by atoms with Gasteiger partial charge in [-0.2, -0.15) is 0 Å². The van der Waals surface area contributed by atoms with E-state index in [-0.39, 0.29) is 24.2 Å². The van der Waals surface area contributed by atoms with Crippen LogP contribution in [0.1, 0.15) is 103 Å². The maximum atomic E-state index is 6.66. The van der Waals surface area contributed by atoms with Crippen LogP contribution in [0.5, 0.6) is 0 Å². The molecule has 1 aromatic carbocycles. The predicted molar refractivity (Wildman–Crippen MR) is 142 cm³/mol. The molecule has 1 saturated carbocycles. The Morgan fingerprint density at radius 1 is 0.706 bits per heavy atom. The largest absolute Gasteiger partial charge is 0.381 e. The minimum absolute atomic E-state index is 0.00345. The van der Waals surface area contributed by atoms with E-state index in [0.29, 0.717) is 5.92 Å². The van der Waals surface area contributed by atoms with E-state index in [0.717, 1.165) is 90.8 Å². The van der Waals surface area contributed by atoms with Crippen LogP contribution in [-0.4, -0.2) is 51.3 Å². The predicted octanol–water partition coefficient (Wildman–Crippen LogP) is 7.47. The van der Waals surface area contributed by atoms with Crippen molar-refractivity contribution in [2.45, 2.75) is 117 Å². The van der Waals surface area contributed by atoms with Gasteiger partial charge < -0.3 is 18.9 Å². The van der Waals surface area contributed by atoms with Crippen molar-refractivity contribution in [3.8, 4) is 0 Å². The molecule has 1 aliphatic rings. The molecule has 5 atom stereocenters. The lowest BCUT2D eigenvalue weighted by Gasteiger charge is -2.46. The van der Waals surface area contributed by atoms with Gasteiger partial charge in [0.2, 0.25) is 0 Å². The monoisotopic (exact) mass is 476 g/mol. The highest BCUT2D eigenvalue weighted by molar-refractivity contribution is 5.28. The van der Waals surface area contributed by atoms with E-state index >= 15 is 0 Å². The molecular formula is C30H52O4. The highest BCUT2D eigenvalue weighted by Gasteiger charge is 2.47. The van der Waals surface area contributed by atoms with Crippen molar-refractivity contribution in [3.63, 3.8) is 0 Å². The zero-order valence-corrected chi connectivity index (χ0v) is 22.7. The summed E-state index contributed by atoms with van der Waals surface area (Å²) in [6.07, 6.45) is 9.82. The van der Waals surface area contributed by atoms with E-state index in [1.54, 1.807) is 0 Å². The standard InChI is InChI=1S/C30H52O4/c1-6-10-17-31-23-26-22-27(25-16-14-15-24(5)21-25)29(33-19-12-8-3)30(34-20-13-9-4)28(26)32-18-11-7-2/h14-16,21,26-30H,6-13,17-20,22-23H2,1-5H3/t26-,27+,28-,29+,30+/m1/s1. The molecule has 196 valence electrons. The third kappa shape index (κ3) is 9.60. The Bertz CT molecular complexity index is 634. The number of hydrogen-bond donors (Lipinski definition) is 0. The molecule has 1 fully saturated rings. The number of hydrogen-bond acceptors (Lipinski definition) is 4. The van der Waals surface area contributed by atoms with Crippen molar-refractivity contribution < 1.29 is 18.9 Å². The van der Waals surface area contributed by atoms with Gasteiger partial charge in [0.1, 0.15) is 6.10 Å². The summed E-state index contributed by atoms with van der Waals surface area (Å²) in [6, 6.07) is 8.95. The SMILES string of the molecule is CCCCOC[C@H]1C[C@@H](c2cccc(C)c2)[C@H](OCCCC)[C@@H](OCCCC)[C@@H]1OCCCC. The van der Waals surface area contributed by atoms with Crippen molar-refractivity contribution in [2.75, 3.05) is 33.0 Å². The second-order valence-electron chi connectivity index (χ2n) is 10.0. The Morgan fingerprint density at radius 3 is 1.85 bits per heavy atom. The average Bonchev–Trinajstić information content (AvgIpc) is 2.84. The maximum absolute atomic E-state index is 6.66. The van der Waals surface area contributed by atoms with E-state index in [1.165, 1.54) is 11.1 Å². The summed E-state index contributed by atoms with van der Waals surface area (Å²) in [5, 5.41) is 0. The van der Waals surface area contributed by atoms with Gasteiger partial charge in [-0.3, -0.25) is 0 Å². The normalized spacial score (nSPS) is 25.0. The van der Waals surface area contributed by atoms with Crippen LogP contribution in [0.2, 0.25) is 0 Å². The summed E-state index contributed by atoms with van der Waals surface area (Å²) in [6.45, 7) is 14.9. The van der Waals surface area contributed by atoms with E-state index in [2.05, 4.69) is 58.9 Å². The lowest BCUT2D eigenvalue weighted by Crippen LogP contribution is -2.55. The van der Waals surface area contributed by atoms with Crippen LogP contribution >= 0.6 is 0 Å². The molecule has 4 nitrogen and oxygen atoms in total. The fraction of sp³-hybridized carbons (Fsp3) is 0.800. The molecule has 4 heteroatoms. The quantitative estimate of drug-likeness (QED) is 0.206. The Kier molecular flexibility index (Phi) is 15.1. The highest BCUT2D eigenvalue weighted by Crippen LogP contribution is 2.42. The minimum Gasteiger partial charge on any atom is -0.381 e. The Balaban J connectivity index is 2.35. The van der Waals surface area contributed by atoms with E-state index in [9.17, 15) is 0 Å². The highest BCUT2D eigenvalue weighted by atomic mass is 16.6. The lowest BCUT2D eigenvalue weighted by molar-refractivity contribution is -0.191. The Hall–Kier alpha value is -0.940. The van der Waals surface area contributed by atoms with Gasteiger partial charge in [-0.25, -0.2) is 0 Å². The molecule has 0 radical (unpaired) electrons. The summed E-state index contributed by atoms with van der Waals surface area (Å²) in [5.74, 6) is 0.589. The first kappa shape index (κ1) is 29.3. The summed E-state index contributed by atoms with van der Waals surface area (Å²) >= 11 is 0. The fourth-order valence-electron chi connectivity index (χ4n) is 4.87. The maximum Gasteiger partial charge on any atom is 0.111 e. The van der Waals surface area contributed by atoms with Gasteiger partial charge in [0, 0.05) is 38.3 Å². The van der Waals surface area contributed by atoms with Crippen molar-refractivity contribution in [2.24, 2.45) is 5.92 Å². The van der Waals surface area contributed by atoms with Gasteiger partial charge in [0.05, 0.1) is 18.8 Å². The lowest BCUT2D eigenvalue weighted by atomic mass is 9.72. The van der Waals surface area contributed by atoms with Crippen molar-refractivity contribution in [3.05, 3.63) is 35.4 Å². The fourth-order valence-corrected chi connectivity index (χ4v) is 4.87. The molecular weight excluding hydrogens is 424 g/mol. The molecule has 0 saturated heterocycles. The molecule has 1 aromatic rings. The second kappa shape index (κ2) is 17.5. The molecule has 0 aromatic heterocycles. The molecule has 0 unspecified atom stereocenters. The van der Waals surface area contributed by atoms with Gasteiger partial charge in [-0.15, -0.1) is 0 Å². The minimum atomic E-state index is -0.0701. The van der Waals surface area contributed by atoms with Gasteiger partial charge in [0.15, 0.2) is 0 Å². The molecule has 1 aliphatic carbocycles. The Labute approximate surface area is 210 Å². The zero-order valence-electron chi connectivity index (χ0n) is 22.7. The smallest absolute Gasteiger partial charge is 0.111 e. The molecule has 0 bridgehead atoms. The summed E-state index contributed by atoms with van der Waals surface area (Å²) in [4.78, 5) is 0. The second-order valence-corrected chi connectivity index (χ2v) is 10.0. The van der Waals surface area contributed by atoms with Gasteiger partial charge in [-0.1, -0.05) is 83.2 Å². The molecule has 0 N–H and O–H groups in total. The molecule has 0 heterocycles. The number of unbranched alkanes of at least 4 members (excludes halogenated alkanes) is 4. The van der Waals surface area contributed by atoms with Crippen LogP contribution in [0, 0.1) is 12.8 Å². The third-order valence-corrected chi connectivity index (χ3v) is 6.93.